The zero-order chi connectivity index (χ0) is 35.8. The van der Waals surface area contributed by atoms with Crippen molar-refractivity contribution in [3.63, 3.8) is 0 Å². The molecule has 0 aliphatic heterocycles. The zero-order valence-corrected chi connectivity index (χ0v) is 60.1. The maximum absolute atomic E-state index is 8.60. The number of hydrogen-bond donors (Lipinski definition) is 0. The zero-order valence-electron chi connectivity index (χ0n) is 20.4. The van der Waals surface area contributed by atoms with Crippen LogP contribution in [0.15, 0.2) is 0 Å². The van der Waals surface area contributed by atoms with E-state index in [1.807, 2.05) is 0 Å². The van der Waals surface area contributed by atoms with Crippen molar-refractivity contribution in [1.29, 1.82) is 0 Å². The molecule has 0 saturated heterocycles. The molecule has 0 aliphatic rings. The van der Waals surface area contributed by atoms with Crippen molar-refractivity contribution in [2.75, 3.05) is 0 Å². The van der Waals surface area contributed by atoms with Crippen molar-refractivity contribution in [1.82, 2.24) is 0 Å². The van der Waals surface area contributed by atoms with Gasteiger partial charge in [0.2, 0.25) is 0 Å². The molecule has 0 aromatic rings. The average molecular weight is 2070 g/mol. The Morgan fingerprint density at radius 2 is 0.261 bits per heavy atom. The Hall–Kier alpha value is 10.8. The van der Waals surface area contributed by atoms with Gasteiger partial charge in [0.05, 0.1) is 0 Å². The molecule has 0 aromatic carbocycles. The SMILES string of the molecule is [Bi+3].[Bi+3].[Bi+3].[O]=[Nb](=[O])[O-].[O]=[Nb](=[O])[O-].[O]=[Nb](=[O])[O-].[O]=[Nb](=[O])[O-].[O]=[Nb](=[O])[O-].[O]=[Ti]([O-])[O-].[O]=[Ti]([O-])[O-].[O]=[Ti]([O-])[O-].[O]=[Ti]([O-])[O-].[O]=[Ti]([O-])[O-].[Sr+2].[Sr+2].[Sr+2]. The maximum atomic E-state index is 8.60. The van der Waals surface area contributed by atoms with Gasteiger partial charge in [0.15, 0.2) is 0 Å². The largest absolute Gasteiger partial charge is 2.00 e. The molecule has 0 fully saturated rings. The van der Waals surface area contributed by atoms with Gasteiger partial charge in [0.25, 0.3) is 0 Å². The Labute approximate surface area is 491 Å². The molecule has 0 aromatic heterocycles. The van der Waals surface area contributed by atoms with Crippen LogP contribution in [0, 0.1) is 0 Å². The van der Waals surface area contributed by atoms with Crippen molar-refractivity contribution in [2.45, 2.75) is 0 Å². The second-order valence-electron chi connectivity index (χ2n) is 2.37. The van der Waals surface area contributed by atoms with Gasteiger partial charge in [0.1, 0.15) is 0 Å². The van der Waals surface area contributed by atoms with Gasteiger partial charge in [-0.25, -0.2) is 0 Å². The van der Waals surface area contributed by atoms with Crippen molar-refractivity contribution in [2.24, 2.45) is 0 Å². The summed E-state index contributed by atoms with van der Waals surface area (Å²) in [5, 5.41) is 0. The number of rotatable bonds is 0. The van der Waals surface area contributed by atoms with Gasteiger partial charge in [-0.3, -0.25) is 0 Å². The summed E-state index contributed by atoms with van der Waals surface area (Å²) < 4.78 is 258. The van der Waals surface area contributed by atoms with E-state index in [0.29, 0.717) is 0 Å². The molecule has 30 nitrogen and oxygen atoms in total. The average Bonchev–Trinajstić information content (AvgIpc) is 2.47. The van der Waals surface area contributed by atoms with Gasteiger partial charge in [-0.1, -0.05) is 0 Å². The van der Waals surface area contributed by atoms with Crippen molar-refractivity contribution in [3.8, 4) is 0 Å². The van der Waals surface area contributed by atoms with Gasteiger partial charge >= 0.3 is 506 Å². The third-order valence-electron chi connectivity index (χ3n) is 0. The fraction of sp³-hybridized carbons (Fsp3) is 0. The molecule has 246 valence electrons. The normalized spacial score (nSPS) is 5.54. The molecule has 0 spiro atoms. The smallest absolute Gasteiger partial charge is 2.00 e. The Balaban J connectivity index is -0.0000000153. The van der Waals surface area contributed by atoms with E-state index < -0.39 is 187 Å². The minimum absolute atomic E-state index is 0. The summed E-state index contributed by atoms with van der Waals surface area (Å²) in [6, 6.07) is 0. The van der Waals surface area contributed by atoms with Gasteiger partial charge in [-0.2, -0.15) is 0 Å². The first kappa shape index (κ1) is 106. The van der Waals surface area contributed by atoms with E-state index in [-0.39, 0.29) is 215 Å². The number of hydrogen-bond acceptors (Lipinski definition) is 30. The summed E-state index contributed by atoms with van der Waals surface area (Å²) in [7, 11) is 0. The molecule has 0 rings (SSSR count). The summed E-state index contributed by atoms with van der Waals surface area (Å²) in [6.45, 7) is 0. The summed E-state index contributed by atoms with van der Waals surface area (Å²) in [5.41, 5.74) is 0. The van der Waals surface area contributed by atoms with Crippen LogP contribution in [0.5, 0.6) is 0 Å². The first-order chi connectivity index (χ1) is 17.3. The van der Waals surface area contributed by atoms with Gasteiger partial charge in [0, 0.05) is 0 Å². The maximum Gasteiger partial charge on any atom is 2.00 e. The predicted molar refractivity (Wildman–Crippen MR) is 44.8 cm³/mol. The Bertz CT molecular complexity index is 770. The minimum Gasteiger partial charge on any atom is 2.00 e. The molecule has 0 atom stereocenters. The molecular weight excluding hydrogens is 2070 g/mol. The Kier molecular flexibility index (Phi) is 232. The minimum atomic E-state index is -4.20. The third-order valence-corrected chi connectivity index (χ3v) is 0. The van der Waals surface area contributed by atoms with E-state index in [9.17, 15) is 0 Å². The first-order valence-electron chi connectivity index (χ1n) is 5.80. The molecule has 0 unspecified atom stereocenters. The van der Waals surface area contributed by atoms with Crippen LogP contribution in [0.3, 0.4) is 0 Å². The van der Waals surface area contributed by atoms with Crippen LogP contribution >= 0.6 is 0 Å². The summed E-state index contributed by atoms with van der Waals surface area (Å²) in [5.74, 6) is 0. The molecule has 6 radical (unpaired) electrons. The van der Waals surface area contributed by atoms with Gasteiger partial charge in [-0.05, 0) is 0 Å². The van der Waals surface area contributed by atoms with E-state index >= 15 is 0 Å². The second-order valence-corrected chi connectivity index (χ2v) is 11.8. The van der Waals surface area contributed by atoms with Crippen LogP contribution in [-0.2, 0) is 236 Å². The predicted octanol–water partition coefficient (Wildman–Crippen LogP) is -21.9. The monoisotopic (exact) mass is 2070 g/mol. The van der Waals surface area contributed by atoms with E-state index in [0.717, 1.165) is 0 Å². The van der Waals surface area contributed by atoms with Crippen LogP contribution < -0.4 is 55.0 Å². The Morgan fingerprint density at radius 1 is 0.261 bits per heavy atom. The molecule has 0 aliphatic carbocycles. The van der Waals surface area contributed by atoms with Crippen molar-refractivity contribution < 1.29 is 291 Å². The van der Waals surface area contributed by atoms with E-state index in [4.69, 9.17) is 104 Å². The topological polar surface area (TPSA) is 602 Å². The fourth-order valence-electron chi connectivity index (χ4n) is 0. The first-order valence-corrected chi connectivity index (χ1v) is 28.8. The summed E-state index contributed by atoms with van der Waals surface area (Å²) in [6.07, 6.45) is 0. The standard InChI is InChI=1S/3Bi.5Nb.30O.3Sr.5Ti/q3*+3;;;;;;;;;;;;;;;;;;;;;15*-1;3*+2;;;;;. The quantitative estimate of drug-likeness (QED) is 0.203. The van der Waals surface area contributed by atoms with Crippen molar-refractivity contribution in [3.05, 3.63) is 0 Å². The fourth-order valence-corrected chi connectivity index (χ4v) is 0. The molecule has 0 saturated carbocycles. The van der Waals surface area contributed by atoms with Crippen molar-refractivity contribution >= 4 is 215 Å². The van der Waals surface area contributed by atoms with Crippen LogP contribution in [0.2, 0.25) is 0 Å². The van der Waals surface area contributed by atoms with Crippen LogP contribution in [0.25, 0.3) is 0 Å². The van der Waals surface area contributed by atoms with Crippen LogP contribution in [0.4, 0.5) is 0 Å². The molecule has 0 amide bonds. The molecule has 0 heterocycles. The van der Waals surface area contributed by atoms with E-state index in [1.165, 1.54) is 0 Å². The van der Waals surface area contributed by atoms with Gasteiger partial charge in [-0.15, -0.1) is 0 Å². The van der Waals surface area contributed by atoms with E-state index in [2.05, 4.69) is 0 Å². The Morgan fingerprint density at radius 3 is 0.261 bits per heavy atom. The summed E-state index contributed by atoms with van der Waals surface area (Å²) in [4.78, 5) is 0. The van der Waals surface area contributed by atoms with Crippen LogP contribution in [0.1, 0.15) is 0 Å². The molecular formula is Bi3Nb5O30Sr3Ti5. The second kappa shape index (κ2) is 101. The summed E-state index contributed by atoms with van der Waals surface area (Å²) >= 11 is -41.4. The van der Waals surface area contributed by atoms with Gasteiger partial charge < -0.3 is 0 Å². The molecule has 0 N–H and O–H groups in total. The molecule has 46 heteroatoms. The van der Waals surface area contributed by atoms with E-state index in [1.54, 1.807) is 0 Å². The van der Waals surface area contributed by atoms with Crippen LogP contribution in [-0.4, -0.2) is 215 Å². The third kappa shape index (κ3) is 1370. The molecule has 46 heavy (non-hydrogen) atoms. The molecule has 0 bridgehead atoms.